The van der Waals surface area contributed by atoms with Gasteiger partial charge in [-0.05, 0) is 30.0 Å². The van der Waals surface area contributed by atoms with Crippen LogP contribution in [0.25, 0.3) is 0 Å². The van der Waals surface area contributed by atoms with Gasteiger partial charge in [-0.3, -0.25) is 0 Å². The van der Waals surface area contributed by atoms with E-state index in [9.17, 15) is 5.11 Å². The zero-order valence-electron chi connectivity index (χ0n) is 7.61. The van der Waals surface area contributed by atoms with Crippen molar-refractivity contribution >= 4 is 0 Å². The van der Waals surface area contributed by atoms with Crippen LogP contribution in [0, 0.1) is 6.92 Å². The fraction of sp³-hybridized carbons (Fsp3) is 0.400. The van der Waals surface area contributed by atoms with E-state index in [1.165, 1.54) is 0 Å². The summed E-state index contributed by atoms with van der Waals surface area (Å²) < 4.78 is 0. The number of aromatic hydroxyl groups is 1. The van der Waals surface area contributed by atoms with Crippen molar-refractivity contribution in [1.82, 2.24) is 0 Å². The Hall–Kier alpha value is -0.461. The smallest absolute Gasteiger partial charge is 0.119 e. The van der Waals surface area contributed by atoms with Gasteiger partial charge in [-0.1, -0.05) is 26.0 Å². The van der Waals surface area contributed by atoms with E-state index in [-0.39, 0.29) is 17.1 Å². The molecule has 1 aromatic rings. The molecule has 0 saturated carbocycles. The van der Waals surface area contributed by atoms with Crippen molar-refractivity contribution in [2.75, 3.05) is 0 Å². The molecule has 0 heterocycles. The van der Waals surface area contributed by atoms with E-state index in [1.54, 1.807) is 6.07 Å². The Kier molecular flexibility index (Phi) is 4.36. The summed E-state index contributed by atoms with van der Waals surface area (Å²) in [5.74, 6) is 0.815. The van der Waals surface area contributed by atoms with Gasteiger partial charge in [0.2, 0.25) is 0 Å². The van der Waals surface area contributed by atoms with Gasteiger partial charge in [-0.2, -0.15) is 0 Å². The molecule has 0 radical (unpaired) electrons. The first-order chi connectivity index (χ1) is 5.11. The molecule has 0 amide bonds. The molecule has 2 heteroatoms. The second-order valence-corrected chi connectivity index (χ2v) is 3.22. The minimum absolute atomic E-state index is 0. The van der Waals surface area contributed by atoms with Gasteiger partial charge in [-0.15, -0.1) is 0 Å². The molecule has 0 aliphatic heterocycles. The SMILES string of the molecule is Cc1ccc(C(C)C)c(O)c1.[Fe]. The molecule has 0 fully saturated rings. The van der Waals surface area contributed by atoms with Crippen molar-refractivity contribution in [2.24, 2.45) is 0 Å². The third-order valence-corrected chi connectivity index (χ3v) is 1.81. The van der Waals surface area contributed by atoms with Gasteiger partial charge in [0.05, 0.1) is 0 Å². The molecule has 0 aliphatic rings. The summed E-state index contributed by atoms with van der Waals surface area (Å²) in [5.41, 5.74) is 2.13. The molecule has 1 aromatic carbocycles. The van der Waals surface area contributed by atoms with Crippen molar-refractivity contribution < 1.29 is 22.2 Å². The van der Waals surface area contributed by atoms with E-state index in [4.69, 9.17) is 0 Å². The van der Waals surface area contributed by atoms with Gasteiger partial charge >= 0.3 is 0 Å². The van der Waals surface area contributed by atoms with Crippen molar-refractivity contribution in [1.29, 1.82) is 0 Å². The van der Waals surface area contributed by atoms with E-state index in [1.807, 2.05) is 19.1 Å². The van der Waals surface area contributed by atoms with Gasteiger partial charge in [0.1, 0.15) is 5.75 Å². The maximum Gasteiger partial charge on any atom is 0.119 e. The van der Waals surface area contributed by atoms with E-state index in [2.05, 4.69) is 13.8 Å². The number of aryl methyl sites for hydroxylation is 1. The number of phenolic OH excluding ortho intramolecular Hbond substituents is 1. The summed E-state index contributed by atoms with van der Waals surface area (Å²) in [6, 6.07) is 5.81. The predicted molar refractivity (Wildman–Crippen MR) is 46.9 cm³/mol. The summed E-state index contributed by atoms with van der Waals surface area (Å²) in [6.45, 7) is 6.12. The third kappa shape index (κ3) is 2.54. The van der Waals surface area contributed by atoms with Crippen LogP contribution < -0.4 is 0 Å². The molecule has 1 N–H and O–H groups in total. The Bertz CT molecular complexity index is 256. The minimum Gasteiger partial charge on any atom is -0.508 e. The summed E-state index contributed by atoms with van der Waals surface area (Å²) in [5, 5.41) is 9.46. The molecule has 0 aliphatic carbocycles. The fourth-order valence-corrected chi connectivity index (χ4v) is 1.14. The Balaban J connectivity index is 0.00000121. The van der Waals surface area contributed by atoms with Gasteiger partial charge in [-0.25, -0.2) is 0 Å². The fourth-order valence-electron chi connectivity index (χ4n) is 1.14. The first kappa shape index (κ1) is 11.5. The minimum atomic E-state index is 0. The Morgan fingerprint density at radius 3 is 2.25 bits per heavy atom. The number of hydrogen-bond donors (Lipinski definition) is 1. The van der Waals surface area contributed by atoms with Crippen LogP contribution >= 0.6 is 0 Å². The van der Waals surface area contributed by atoms with Gasteiger partial charge in [0.25, 0.3) is 0 Å². The van der Waals surface area contributed by atoms with Crippen LogP contribution in [-0.2, 0) is 17.1 Å². The van der Waals surface area contributed by atoms with E-state index < -0.39 is 0 Å². The first-order valence-electron chi connectivity index (χ1n) is 3.91. The molecule has 0 aromatic heterocycles. The van der Waals surface area contributed by atoms with Gasteiger partial charge in [0, 0.05) is 17.1 Å². The van der Waals surface area contributed by atoms with Crippen molar-refractivity contribution in [3.8, 4) is 5.75 Å². The molecule has 12 heavy (non-hydrogen) atoms. The van der Waals surface area contributed by atoms with E-state index in [0.29, 0.717) is 11.7 Å². The first-order valence-corrected chi connectivity index (χ1v) is 3.91. The predicted octanol–water partition coefficient (Wildman–Crippen LogP) is 2.82. The average Bonchev–Trinajstić information content (AvgIpc) is 1.85. The number of hydrogen-bond acceptors (Lipinski definition) is 1. The van der Waals surface area contributed by atoms with Crippen LogP contribution in [0.15, 0.2) is 18.2 Å². The molecule has 0 bridgehead atoms. The molecule has 0 spiro atoms. The molecular weight excluding hydrogens is 192 g/mol. The van der Waals surface area contributed by atoms with Crippen LogP contribution in [0.2, 0.25) is 0 Å². The zero-order valence-corrected chi connectivity index (χ0v) is 8.71. The summed E-state index contributed by atoms with van der Waals surface area (Å²) in [4.78, 5) is 0. The average molecular weight is 206 g/mol. The molecule has 1 rings (SSSR count). The van der Waals surface area contributed by atoms with E-state index in [0.717, 1.165) is 11.1 Å². The Morgan fingerprint density at radius 2 is 1.83 bits per heavy atom. The molecular formula is C10H14FeO. The Morgan fingerprint density at radius 1 is 1.25 bits per heavy atom. The van der Waals surface area contributed by atoms with Gasteiger partial charge < -0.3 is 5.11 Å². The van der Waals surface area contributed by atoms with Crippen LogP contribution in [0.1, 0.15) is 30.9 Å². The maximum atomic E-state index is 9.46. The number of phenols is 1. The van der Waals surface area contributed by atoms with Crippen LogP contribution in [-0.4, -0.2) is 5.11 Å². The van der Waals surface area contributed by atoms with Crippen LogP contribution in [0.5, 0.6) is 5.75 Å². The third-order valence-electron chi connectivity index (χ3n) is 1.81. The topological polar surface area (TPSA) is 20.2 Å². The van der Waals surface area contributed by atoms with Crippen LogP contribution in [0.3, 0.4) is 0 Å². The van der Waals surface area contributed by atoms with Crippen molar-refractivity contribution in [3.63, 3.8) is 0 Å². The molecule has 0 unspecified atom stereocenters. The summed E-state index contributed by atoms with van der Waals surface area (Å²) in [7, 11) is 0. The largest absolute Gasteiger partial charge is 0.508 e. The standard InChI is InChI=1S/C10H14O.Fe/c1-7(2)9-5-4-8(3)6-10(9)11;/h4-7,11H,1-3H3;. The zero-order chi connectivity index (χ0) is 8.43. The quantitative estimate of drug-likeness (QED) is 0.700. The van der Waals surface area contributed by atoms with Gasteiger partial charge in [0.15, 0.2) is 0 Å². The van der Waals surface area contributed by atoms with Crippen molar-refractivity contribution in [2.45, 2.75) is 26.7 Å². The number of rotatable bonds is 1. The second-order valence-electron chi connectivity index (χ2n) is 3.22. The van der Waals surface area contributed by atoms with Crippen molar-refractivity contribution in [3.05, 3.63) is 29.3 Å². The van der Waals surface area contributed by atoms with E-state index >= 15 is 0 Å². The van der Waals surface area contributed by atoms with Crippen LogP contribution in [0.4, 0.5) is 0 Å². The molecule has 0 saturated heterocycles. The Labute approximate surface area is 84.3 Å². The summed E-state index contributed by atoms with van der Waals surface area (Å²) in [6.07, 6.45) is 0. The normalized spacial score (nSPS) is 9.67. The number of benzene rings is 1. The maximum absolute atomic E-state index is 9.46. The molecule has 1 nitrogen and oxygen atoms in total. The molecule has 68 valence electrons. The molecule has 0 atom stereocenters. The second kappa shape index (κ2) is 4.54. The monoisotopic (exact) mass is 206 g/mol. The summed E-state index contributed by atoms with van der Waals surface area (Å²) >= 11 is 0.